The molecule has 0 aromatic carbocycles. The summed E-state index contributed by atoms with van der Waals surface area (Å²) in [6, 6.07) is 2.05. The van der Waals surface area contributed by atoms with Crippen molar-refractivity contribution in [1.29, 1.82) is 0 Å². The Hall–Kier alpha value is -1.59. The van der Waals surface area contributed by atoms with E-state index in [0.717, 1.165) is 13.2 Å². The molecule has 0 saturated carbocycles. The van der Waals surface area contributed by atoms with Gasteiger partial charge in [0, 0.05) is 6.20 Å². The monoisotopic (exact) mass is 219 g/mol. The molecule has 0 radical (unpaired) electrons. The van der Waals surface area contributed by atoms with Crippen molar-refractivity contribution in [2.75, 3.05) is 7.11 Å². The molecule has 82 valence electrons. The highest BCUT2D eigenvalue weighted by atomic mass is 19.4. The lowest BCUT2D eigenvalue weighted by Crippen LogP contribution is -2.14. The molecule has 0 aliphatic heterocycles. The Morgan fingerprint density at radius 3 is 2.73 bits per heavy atom. The molecule has 1 aromatic rings. The van der Waals surface area contributed by atoms with E-state index in [4.69, 9.17) is 0 Å². The summed E-state index contributed by atoms with van der Waals surface area (Å²) >= 11 is 0. The molecule has 0 amide bonds. The predicted molar refractivity (Wildman–Crippen MR) is 45.0 cm³/mol. The van der Waals surface area contributed by atoms with Crippen LogP contribution in [0, 0.1) is 0 Å². The predicted octanol–water partition coefficient (Wildman–Crippen LogP) is 1.82. The minimum atomic E-state index is -4.50. The molecule has 3 nitrogen and oxygen atoms in total. The average Bonchev–Trinajstić information content (AvgIpc) is 2.17. The second kappa shape index (κ2) is 4.29. The van der Waals surface area contributed by atoms with Crippen molar-refractivity contribution in [3.05, 3.63) is 29.6 Å². The number of alkyl halides is 3. The van der Waals surface area contributed by atoms with Crippen molar-refractivity contribution < 1.29 is 22.7 Å². The molecule has 0 aliphatic rings. The molecule has 0 spiro atoms. The summed E-state index contributed by atoms with van der Waals surface area (Å²) in [6.45, 7) is 0. The maximum Gasteiger partial charge on any atom is 0.418 e. The summed E-state index contributed by atoms with van der Waals surface area (Å²) in [4.78, 5) is 14.3. The Morgan fingerprint density at radius 1 is 1.53 bits per heavy atom. The van der Waals surface area contributed by atoms with Gasteiger partial charge in [0.05, 0.1) is 24.8 Å². The highest BCUT2D eigenvalue weighted by molar-refractivity contribution is 5.72. The fourth-order valence-electron chi connectivity index (χ4n) is 1.05. The van der Waals surface area contributed by atoms with E-state index in [2.05, 4.69) is 9.72 Å². The summed E-state index contributed by atoms with van der Waals surface area (Å²) in [5, 5.41) is 0. The molecule has 0 unspecified atom stereocenters. The lowest BCUT2D eigenvalue weighted by Gasteiger charge is -2.10. The van der Waals surface area contributed by atoms with Crippen LogP contribution in [0.4, 0.5) is 13.2 Å². The van der Waals surface area contributed by atoms with Gasteiger partial charge in [-0.3, -0.25) is 9.78 Å². The molecular weight excluding hydrogens is 211 g/mol. The van der Waals surface area contributed by atoms with Crippen LogP contribution in [0.1, 0.15) is 11.3 Å². The van der Waals surface area contributed by atoms with Crippen LogP contribution in [0.5, 0.6) is 0 Å². The van der Waals surface area contributed by atoms with Crippen molar-refractivity contribution in [3.63, 3.8) is 0 Å². The third-order valence-corrected chi connectivity index (χ3v) is 1.74. The van der Waals surface area contributed by atoms with Crippen LogP contribution in [-0.2, 0) is 22.1 Å². The third kappa shape index (κ3) is 2.93. The zero-order valence-electron chi connectivity index (χ0n) is 7.84. The van der Waals surface area contributed by atoms with Crippen LogP contribution < -0.4 is 0 Å². The summed E-state index contributed by atoms with van der Waals surface area (Å²) in [5.74, 6) is -0.751. The number of hydrogen-bond acceptors (Lipinski definition) is 3. The highest BCUT2D eigenvalue weighted by Gasteiger charge is 2.34. The van der Waals surface area contributed by atoms with Gasteiger partial charge in [-0.2, -0.15) is 13.2 Å². The first kappa shape index (κ1) is 11.5. The summed E-state index contributed by atoms with van der Waals surface area (Å²) in [7, 11) is 1.11. The van der Waals surface area contributed by atoms with Gasteiger partial charge in [0.25, 0.3) is 0 Å². The first-order chi connectivity index (χ1) is 6.95. The van der Waals surface area contributed by atoms with E-state index in [0.29, 0.717) is 0 Å². The van der Waals surface area contributed by atoms with Crippen LogP contribution >= 0.6 is 0 Å². The smallest absolute Gasteiger partial charge is 0.418 e. The number of hydrogen-bond donors (Lipinski definition) is 0. The second-order valence-corrected chi connectivity index (χ2v) is 2.75. The number of nitrogens with zero attached hydrogens (tertiary/aromatic N) is 1. The van der Waals surface area contributed by atoms with E-state index in [1.54, 1.807) is 0 Å². The first-order valence-corrected chi connectivity index (χ1v) is 4.03. The van der Waals surface area contributed by atoms with Crippen molar-refractivity contribution >= 4 is 5.97 Å². The number of carbonyl (C=O) groups is 1. The van der Waals surface area contributed by atoms with Gasteiger partial charge in [-0.1, -0.05) is 0 Å². The van der Waals surface area contributed by atoms with Crippen LogP contribution in [0.25, 0.3) is 0 Å². The Balaban J connectivity index is 3.02. The van der Waals surface area contributed by atoms with Gasteiger partial charge in [-0.05, 0) is 12.1 Å². The molecule has 0 saturated heterocycles. The molecule has 0 aliphatic carbocycles. The molecule has 0 N–H and O–H groups in total. The van der Waals surface area contributed by atoms with E-state index in [1.807, 2.05) is 0 Å². The van der Waals surface area contributed by atoms with Gasteiger partial charge in [0.15, 0.2) is 0 Å². The van der Waals surface area contributed by atoms with E-state index < -0.39 is 24.1 Å². The van der Waals surface area contributed by atoms with E-state index in [9.17, 15) is 18.0 Å². The number of aromatic nitrogens is 1. The number of pyridine rings is 1. The molecule has 15 heavy (non-hydrogen) atoms. The third-order valence-electron chi connectivity index (χ3n) is 1.74. The molecule has 1 heterocycles. The molecular formula is C9H8F3NO2. The van der Waals surface area contributed by atoms with Gasteiger partial charge >= 0.3 is 12.1 Å². The van der Waals surface area contributed by atoms with Gasteiger partial charge in [0.1, 0.15) is 0 Å². The van der Waals surface area contributed by atoms with Gasteiger partial charge in [-0.25, -0.2) is 0 Å². The average molecular weight is 219 g/mol. The Morgan fingerprint density at radius 2 is 2.20 bits per heavy atom. The minimum absolute atomic E-state index is 0.322. The number of carbonyl (C=O) groups excluding carboxylic acids is 1. The van der Waals surface area contributed by atoms with Crippen LogP contribution in [0.15, 0.2) is 18.3 Å². The summed E-state index contributed by atoms with van der Waals surface area (Å²) in [5.41, 5.74) is -1.23. The SMILES string of the molecule is COC(=O)Cc1ncccc1C(F)(F)F. The van der Waals surface area contributed by atoms with Gasteiger partial charge < -0.3 is 4.74 Å². The van der Waals surface area contributed by atoms with Crippen molar-refractivity contribution in [2.45, 2.75) is 12.6 Å². The molecule has 0 bridgehead atoms. The molecule has 1 aromatic heterocycles. The zero-order valence-corrected chi connectivity index (χ0v) is 7.84. The summed E-state index contributed by atoms with van der Waals surface area (Å²) in [6.07, 6.45) is -3.78. The highest BCUT2D eigenvalue weighted by Crippen LogP contribution is 2.31. The van der Waals surface area contributed by atoms with Gasteiger partial charge in [0.2, 0.25) is 0 Å². The number of esters is 1. The van der Waals surface area contributed by atoms with Crippen LogP contribution in [0.2, 0.25) is 0 Å². The maximum atomic E-state index is 12.4. The van der Waals surface area contributed by atoms with Gasteiger partial charge in [-0.15, -0.1) is 0 Å². The normalized spacial score (nSPS) is 11.2. The van der Waals surface area contributed by atoms with Crippen molar-refractivity contribution in [3.8, 4) is 0 Å². The molecule has 0 atom stereocenters. The zero-order chi connectivity index (χ0) is 11.5. The fraction of sp³-hybridized carbons (Fsp3) is 0.333. The van der Waals surface area contributed by atoms with Crippen LogP contribution in [-0.4, -0.2) is 18.1 Å². The number of methoxy groups -OCH3 is 1. The van der Waals surface area contributed by atoms with Crippen LogP contribution in [0.3, 0.4) is 0 Å². The minimum Gasteiger partial charge on any atom is -0.469 e. The van der Waals surface area contributed by atoms with Crippen molar-refractivity contribution in [1.82, 2.24) is 4.98 Å². The van der Waals surface area contributed by atoms with E-state index >= 15 is 0 Å². The molecule has 1 rings (SSSR count). The second-order valence-electron chi connectivity index (χ2n) is 2.75. The lowest BCUT2D eigenvalue weighted by atomic mass is 10.1. The fourth-order valence-corrected chi connectivity index (χ4v) is 1.05. The van der Waals surface area contributed by atoms with E-state index in [-0.39, 0.29) is 5.69 Å². The topological polar surface area (TPSA) is 39.2 Å². The number of halogens is 3. The Kier molecular flexibility index (Phi) is 3.28. The van der Waals surface area contributed by atoms with Crippen molar-refractivity contribution in [2.24, 2.45) is 0 Å². The Bertz CT molecular complexity index is 363. The largest absolute Gasteiger partial charge is 0.469 e. The molecule has 0 fully saturated rings. The standard InChI is InChI=1S/C9H8F3NO2/c1-15-8(14)5-7-6(9(10,11)12)3-2-4-13-7/h2-4H,5H2,1H3. The number of ether oxygens (including phenoxy) is 1. The molecule has 6 heteroatoms. The summed E-state index contributed by atoms with van der Waals surface area (Å²) < 4.78 is 41.5. The lowest BCUT2D eigenvalue weighted by molar-refractivity contribution is -0.141. The first-order valence-electron chi connectivity index (χ1n) is 4.03. The quantitative estimate of drug-likeness (QED) is 0.712. The number of rotatable bonds is 2. The van der Waals surface area contributed by atoms with E-state index in [1.165, 1.54) is 12.3 Å². The Labute approximate surface area is 83.9 Å². The maximum absolute atomic E-state index is 12.4.